The predicted octanol–water partition coefficient (Wildman–Crippen LogP) is 4.14. The molecular formula is C25H36FIN4O2. The Bertz CT molecular complexity index is 886. The summed E-state index contributed by atoms with van der Waals surface area (Å²) < 4.78 is 24.9. The first-order valence-corrected chi connectivity index (χ1v) is 11.1. The largest absolute Gasteiger partial charge is 0.493 e. The van der Waals surface area contributed by atoms with E-state index >= 15 is 0 Å². The molecule has 33 heavy (non-hydrogen) atoms. The Morgan fingerprint density at radius 1 is 1.21 bits per heavy atom. The van der Waals surface area contributed by atoms with Crippen molar-refractivity contribution in [2.24, 2.45) is 10.9 Å². The number of hydrogen-bond acceptors (Lipinski definition) is 4. The van der Waals surface area contributed by atoms with Crippen LogP contribution in [-0.2, 0) is 11.3 Å². The molecule has 8 heteroatoms. The number of hydrogen-bond donors (Lipinski definition) is 2. The van der Waals surface area contributed by atoms with Crippen LogP contribution < -0.4 is 15.4 Å². The number of guanidine groups is 1. The Hall–Kier alpha value is -1.91. The monoisotopic (exact) mass is 570 g/mol. The van der Waals surface area contributed by atoms with Gasteiger partial charge in [0.1, 0.15) is 11.6 Å². The summed E-state index contributed by atoms with van der Waals surface area (Å²) in [6.45, 7) is 5.57. The predicted molar refractivity (Wildman–Crippen MR) is 142 cm³/mol. The van der Waals surface area contributed by atoms with E-state index in [1.54, 1.807) is 7.05 Å². The number of benzene rings is 2. The summed E-state index contributed by atoms with van der Waals surface area (Å²) in [4.78, 5) is 6.46. The third kappa shape index (κ3) is 8.42. The number of likely N-dealkylation sites (N-methyl/N-ethyl adjacent to an activating group) is 1. The molecule has 2 aromatic carbocycles. The average molecular weight is 570 g/mol. The topological polar surface area (TPSA) is 58.1 Å². The maximum absolute atomic E-state index is 13.3. The fourth-order valence-electron chi connectivity index (χ4n) is 3.74. The van der Waals surface area contributed by atoms with Gasteiger partial charge in [-0.1, -0.05) is 24.3 Å². The highest BCUT2D eigenvalue weighted by Gasteiger charge is 2.18. The summed E-state index contributed by atoms with van der Waals surface area (Å²) >= 11 is 0. The minimum absolute atomic E-state index is 0. The van der Waals surface area contributed by atoms with E-state index in [9.17, 15) is 4.39 Å². The average Bonchev–Trinajstić information content (AvgIpc) is 3.30. The van der Waals surface area contributed by atoms with Gasteiger partial charge in [-0.15, -0.1) is 24.0 Å². The highest BCUT2D eigenvalue weighted by molar-refractivity contribution is 14.0. The van der Waals surface area contributed by atoms with Crippen molar-refractivity contribution in [1.82, 2.24) is 15.5 Å². The summed E-state index contributed by atoms with van der Waals surface area (Å²) in [6.07, 6.45) is 1.05. The first-order chi connectivity index (χ1) is 15.5. The number of halogens is 2. The van der Waals surface area contributed by atoms with Gasteiger partial charge in [-0.3, -0.25) is 4.99 Å². The first-order valence-electron chi connectivity index (χ1n) is 11.1. The Balaban J connectivity index is 0.00000385. The van der Waals surface area contributed by atoms with E-state index in [1.165, 1.54) is 17.7 Å². The normalized spacial score (nSPS) is 16.9. The standard InChI is InChI=1S/C25H35FN4O2.HI/c1-18-5-6-21(24(13-18)32-17-19-11-12-31-16-19)14-28-25(27-2)29-15-23(30(3)4)20-7-9-22(26)10-8-20;/h5-10,13,19,23H,11-12,14-17H2,1-4H3,(H2,27,28,29);1H. The number of nitrogens with zero attached hydrogens (tertiary/aromatic N) is 2. The molecule has 182 valence electrons. The number of aryl methyl sites for hydroxylation is 1. The van der Waals surface area contributed by atoms with Crippen LogP contribution in [0.15, 0.2) is 47.5 Å². The lowest BCUT2D eigenvalue weighted by molar-refractivity contribution is 0.166. The Morgan fingerprint density at radius 3 is 2.61 bits per heavy atom. The molecule has 2 atom stereocenters. The molecule has 2 aromatic rings. The zero-order valence-corrected chi connectivity index (χ0v) is 22.3. The van der Waals surface area contributed by atoms with Gasteiger partial charge >= 0.3 is 0 Å². The quantitative estimate of drug-likeness (QED) is 0.270. The maximum atomic E-state index is 13.3. The van der Waals surface area contributed by atoms with E-state index in [0.29, 0.717) is 31.6 Å². The number of ether oxygens (including phenoxy) is 2. The van der Waals surface area contributed by atoms with Gasteiger partial charge in [0.2, 0.25) is 0 Å². The van der Waals surface area contributed by atoms with Gasteiger partial charge < -0.3 is 25.0 Å². The van der Waals surface area contributed by atoms with Crippen LogP contribution in [0.3, 0.4) is 0 Å². The minimum Gasteiger partial charge on any atom is -0.493 e. The van der Waals surface area contributed by atoms with Crippen LogP contribution in [0.4, 0.5) is 4.39 Å². The Morgan fingerprint density at radius 2 is 1.97 bits per heavy atom. The van der Waals surface area contributed by atoms with Crippen molar-refractivity contribution >= 4 is 29.9 Å². The molecule has 1 aliphatic rings. The van der Waals surface area contributed by atoms with E-state index in [0.717, 1.165) is 36.5 Å². The van der Waals surface area contributed by atoms with Crippen LogP contribution in [0.2, 0.25) is 0 Å². The second-order valence-electron chi connectivity index (χ2n) is 8.49. The number of nitrogens with one attached hydrogen (secondary N) is 2. The summed E-state index contributed by atoms with van der Waals surface area (Å²) in [6, 6.07) is 13.0. The van der Waals surface area contributed by atoms with Crippen molar-refractivity contribution in [2.75, 3.05) is 47.5 Å². The van der Waals surface area contributed by atoms with Crippen LogP contribution in [0.1, 0.15) is 29.2 Å². The zero-order chi connectivity index (χ0) is 22.9. The first kappa shape index (κ1) is 27.3. The van der Waals surface area contributed by atoms with E-state index in [-0.39, 0.29) is 35.8 Å². The lowest BCUT2D eigenvalue weighted by atomic mass is 10.1. The fourth-order valence-corrected chi connectivity index (χ4v) is 3.74. The summed E-state index contributed by atoms with van der Waals surface area (Å²) in [5.74, 6) is 1.83. The summed E-state index contributed by atoms with van der Waals surface area (Å²) in [5.41, 5.74) is 3.30. The molecule has 0 spiro atoms. The Kier molecular flexibility index (Phi) is 11.4. The third-order valence-electron chi connectivity index (χ3n) is 5.73. The van der Waals surface area contributed by atoms with Gasteiger partial charge in [-0.25, -0.2) is 4.39 Å². The fraction of sp³-hybridized carbons (Fsp3) is 0.480. The minimum atomic E-state index is -0.228. The van der Waals surface area contributed by atoms with E-state index < -0.39 is 0 Å². The molecule has 0 aliphatic carbocycles. The SMILES string of the molecule is CN=C(NCc1ccc(C)cc1OCC1CCOC1)NCC(c1ccc(F)cc1)N(C)C.I. The van der Waals surface area contributed by atoms with Crippen LogP contribution in [0, 0.1) is 18.7 Å². The molecule has 0 bridgehead atoms. The zero-order valence-electron chi connectivity index (χ0n) is 19.9. The van der Waals surface area contributed by atoms with Crippen LogP contribution in [0.25, 0.3) is 0 Å². The van der Waals surface area contributed by atoms with Gasteiger partial charge in [0.15, 0.2) is 5.96 Å². The molecule has 0 aromatic heterocycles. The third-order valence-corrected chi connectivity index (χ3v) is 5.73. The molecule has 2 unspecified atom stereocenters. The van der Waals surface area contributed by atoms with Crippen molar-refractivity contribution in [3.05, 3.63) is 65.0 Å². The summed E-state index contributed by atoms with van der Waals surface area (Å²) in [5, 5.41) is 6.77. The molecule has 3 rings (SSSR count). The molecular weight excluding hydrogens is 534 g/mol. The van der Waals surface area contributed by atoms with Crippen molar-refractivity contribution in [3.8, 4) is 5.75 Å². The molecule has 0 amide bonds. The van der Waals surface area contributed by atoms with Crippen molar-refractivity contribution in [1.29, 1.82) is 0 Å². The highest BCUT2D eigenvalue weighted by atomic mass is 127. The van der Waals surface area contributed by atoms with Crippen molar-refractivity contribution in [3.63, 3.8) is 0 Å². The molecule has 1 fully saturated rings. The molecule has 0 saturated carbocycles. The van der Waals surface area contributed by atoms with E-state index in [1.807, 2.05) is 26.2 Å². The molecule has 1 saturated heterocycles. The van der Waals surface area contributed by atoms with Crippen LogP contribution in [0.5, 0.6) is 5.75 Å². The number of rotatable bonds is 9. The van der Waals surface area contributed by atoms with Crippen molar-refractivity contribution < 1.29 is 13.9 Å². The second kappa shape index (κ2) is 13.7. The van der Waals surface area contributed by atoms with Gasteiger partial charge in [-0.05, 0) is 56.8 Å². The smallest absolute Gasteiger partial charge is 0.191 e. The molecule has 6 nitrogen and oxygen atoms in total. The highest BCUT2D eigenvalue weighted by Crippen LogP contribution is 2.23. The Labute approximate surface area is 214 Å². The molecule has 1 aliphatic heterocycles. The van der Waals surface area contributed by atoms with E-state index in [2.05, 4.69) is 45.6 Å². The van der Waals surface area contributed by atoms with Crippen LogP contribution >= 0.6 is 24.0 Å². The molecule has 1 heterocycles. The number of aliphatic imine (C=N–C) groups is 1. The van der Waals surface area contributed by atoms with Crippen LogP contribution in [-0.4, -0.2) is 58.4 Å². The lowest BCUT2D eigenvalue weighted by Gasteiger charge is -2.26. The summed E-state index contributed by atoms with van der Waals surface area (Å²) in [7, 11) is 5.78. The molecule has 0 radical (unpaired) electrons. The van der Waals surface area contributed by atoms with E-state index in [4.69, 9.17) is 9.47 Å². The van der Waals surface area contributed by atoms with Gasteiger partial charge in [0, 0.05) is 38.2 Å². The van der Waals surface area contributed by atoms with Gasteiger partial charge in [0.05, 0.1) is 19.3 Å². The van der Waals surface area contributed by atoms with Crippen molar-refractivity contribution in [2.45, 2.75) is 25.9 Å². The second-order valence-corrected chi connectivity index (χ2v) is 8.49. The molecule has 2 N–H and O–H groups in total. The lowest BCUT2D eigenvalue weighted by Crippen LogP contribution is -2.41. The van der Waals surface area contributed by atoms with Gasteiger partial charge in [0.25, 0.3) is 0 Å². The maximum Gasteiger partial charge on any atom is 0.191 e. The van der Waals surface area contributed by atoms with Gasteiger partial charge in [-0.2, -0.15) is 0 Å².